The monoisotopic (exact) mass is 246 g/mol. The highest BCUT2D eigenvalue weighted by atomic mass is 35.5. The first-order valence-electron chi connectivity index (χ1n) is 4.54. The summed E-state index contributed by atoms with van der Waals surface area (Å²) in [7, 11) is 0. The van der Waals surface area contributed by atoms with Crippen LogP contribution in [0.5, 0.6) is 0 Å². The van der Waals surface area contributed by atoms with Crippen LogP contribution < -0.4 is 11.1 Å². The SMILES string of the molecule is CCNC(C(N)=O)c1ccc(Cl)cc1Cl. The second-order valence-corrected chi connectivity index (χ2v) is 3.90. The van der Waals surface area contributed by atoms with Crippen molar-refractivity contribution in [3.8, 4) is 0 Å². The molecule has 0 fully saturated rings. The third-order valence-corrected chi connectivity index (χ3v) is 2.53. The molecule has 0 aliphatic heterocycles. The Morgan fingerprint density at radius 1 is 1.53 bits per heavy atom. The van der Waals surface area contributed by atoms with E-state index in [1.807, 2.05) is 6.92 Å². The smallest absolute Gasteiger partial charge is 0.239 e. The summed E-state index contributed by atoms with van der Waals surface area (Å²) in [4.78, 5) is 11.2. The first-order valence-corrected chi connectivity index (χ1v) is 5.29. The number of benzene rings is 1. The van der Waals surface area contributed by atoms with Crippen LogP contribution in [0.25, 0.3) is 0 Å². The molecule has 3 N–H and O–H groups in total. The Morgan fingerprint density at radius 3 is 2.67 bits per heavy atom. The topological polar surface area (TPSA) is 55.1 Å². The third kappa shape index (κ3) is 3.09. The molecule has 1 amide bonds. The Balaban J connectivity index is 3.05. The van der Waals surface area contributed by atoms with E-state index in [4.69, 9.17) is 28.9 Å². The molecule has 1 aromatic carbocycles. The molecular formula is C10H12Cl2N2O. The lowest BCUT2D eigenvalue weighted by Crippen LogP contribution is -2.33. The van der Waals surface area contributed by atoms with Crippen LogP contribution in [0.3, 0.4) is 0 Å². The Bertz CT molecular complexity index is 368. The van der Waals surface area contributed by atoms with Crippen LogP contribution in [0.1, 0.15) is 18.5 Å². The second kappa shape index (κ2) is 5.35. The quantitative estimate of drug-likeness (QED) is 0.856. The summed E-state index contributed by atoms with van der Waals surface area (Å²) in [6.45, 7) is 2.52. The molecule has 1 rings (SSSR count). The van der Waals surface area contributed by atoms with Crippen LogP contribution in [0.15, 0.2) is 18.2 Å². The number of primary amides is 1. The highest BCUT2D eigenvalue weighted by molar-refractivity contribution is 6.35. The molecule has 3 nitrogen and oxygen atoms in total. The molecule has 1 aromatic rings. The highest BCUT2D eigenvalue weighted by Gasteiger charge is 2.19. The average Bonchev–Trinajstić information content (AvgIpc) is 2.15. The van der Waals surface area contributed by atoms with Crippen LogP contribution in [-0.4, -0.2) is 12.5 Å². The molecule has 0 spiro atoms. The van der Waals surface area contributed by atoms with Gasteiger partial charge < -0.3 is 11.1 Å². The van der Waals surface area contributed by atoms with Crippen molar-refractivity contribution in [1.29, 1.82) is 0 Å². The molecule has 0 aliphatic rings. The summed E-state index contributed by atoms with van der Waals surface area (Å²) < 4.78 is 0. The van der Waals surface area contributed by atoms with Crippen molar-refractivity contribution in [3.63, 3.8) is 0 Å². The molecule has 0 aliphatic carbocycles. The van der Waals surface area contributed by atoms with Gasteiger partial charge in [0.2, 0.25) is 5.91 Å². The van der Waals surface area contributed by atoms with E-state index in [1.54, 1.807) is 18.2 Å². The number of nitrogens with two attached hydrogens (primary N) is 1. The van der Waals surface area contributed by atoms with Crippen LogP contribution >= 0.6 is 23.2 Å². The summed E-state index contributed by atoms with van der Waals surface area (Å²) in [5, 5.41) is 3.92. The lowest BCUT2D eigenvalue weighted by Gasteiger charge is -2.15. The predicted octanol–water partition coefficient (Wildman–Crippen LogP) is 2.13. The number of nitrogens with one attached hydrogen (secondary N) is 1. The normalized spacial score (nSPS) is 12.5. The van der Waals surface area contributed by atoms with Gasteiger partial charge in [-0.05, 0) is 24.2 Å². The van der Waals surface area contributed by atoms with Gasteiger partial charge in [-0.3, -0.25) is 4.79 Å². The van der Waals surface area contributed by atoms with Gasteiger partial charge in [0.15, 0.2) is 0 Å². The number of carbonyl (C=O) groups is 1. The maximum Gasteiger partial charge on any atom is 0.239 e. The molecule has 0 aromatic heterocycles. The first kappa shape index (κ1) is 12.3. The standard InChI is InChI=1S/C10H12Cl2N2O/c1-2-14-9(10(13)15)7-4-3-6(11)5-8(7)12/h3-5,9,14H,2H2,1H3,(H2,13,15). The maximum atomic E-state index is 11.2. The molecule has 1 unspecified atom stereocenters. The summed E-state index contributed by atoms with van der Waals surface area (Å²) in [6, 6.07) is 4.39. The zero-order valence-electron chi connectivity index (χ0n) is 8.26. The van der Waals surface area contributed by atoms with Crippen molar-refractivity contribution in [2.24, 2.45) is 5.73 Å². The van der Waals surface area contributed by atoms with E-state index in [0.717, 1.165) is 0 Å². The van der Waals surface area contributed by atoms with E-state index in [9.17, 15) is 4.79 Å². The van der Waals surface area contributed by atoms with Crippen molar-refractivity contribution in [3.05, 3.63) is 33.8 Å². The molecule has 0 radical (unpaired) electrons. The number of likely N-dealkylation sites (N-methyl/N-ethyl adjacent to an activating group) is 1. The Labute approximate surface area is 98.5 Å². The van der Waals surface area contributed by atoms with E-state index in [2.05, 4.69) is 5.32 Å². The van der Waals surface area contributed by atoms with Gasteiger partial charge in [0.25, 0.3) is 0 Å². The van der Waals surface area contributed by atoms with Crippen molar-refractivity contribution < 1.29 is 4.79 Å². The maximum absolute atomic E-state index is 11.2. The number of hydrogen-bond donors (Lipinski definition) is 2. The molecule has 82 valence electrons. The van der Waals surface area contributed by atoms with Crippen LogP contribution in [0.2, 0.25) is 10.0 Å². The van der Waals surface area contributed by atoms with Gasteiger partial charge in [-0.25, -0.2) is 0 Å². The molecule has 5 heteroatoms. The number of hydrogen-bond acceptors (Lipinski definition) is 2. The molecule has 0 heterocycles. The minimum atomic E-state index is -0.570. The fourth-order valence-electron chi connectivity index (χ4n) is 1.30. The van der Waals surface area contributed by atoms with Gasteiger partial charge >= 0.3 is 0 Å². The van der Waals surface area contributed by atoms with E-state index in [0.29, 0.717) is 22.2 Å². The molecule has 0 saturated heterocycles. The highest BCUT2D eigenvalue weighted by Crippen LogP contribution is 2.26. The molecule has 0 bridgehead atoms. The largest absolute Gasteiger partial charge is 0.368 e. The fraction of sp³-hybridized carbons (Fsp3) is 0.300. The number of halogens is 2. The van der Waals surface area contributed by atoms with E-state index in [1.165, 1.54) is 0 Å². The predicted molar refractivity (Wildman–Crippen MR) is 62.1 cm³/mol. The minimum absolute atomic E-state index is 0.437. The summed E-state index contributed by atoms with van der Waals surface area (Å²) in [5.41, 5.74) is 5.92. The molecule has 1 atom stereocenters. The van der Waals surface area contributed by atoms with Gasteiger partial charge in [-0.1, -0.05) is 36.2 Å². The number of carbonyl (C=O) groups excluding carboxylic acids is 1. The number of rotatable bonds is 4. The molecule has 0 saturated carbocycles. The van der Waals surface area contributed by atoms with Crippen LogP contribution in [-0.2, 0) is 4.79 Å². The van der Waals surface area contributed by atoms with Crippen molar-refractivity contribution in [2.45, 2.75) is 13.0 Å². The first-order chi connectivity index (χ1) is 7.06. The van der Waals surface area contributed by atoms with Gasteiger partial charge in [-0.15, -0.1) is 0 Å². The van der Waals surface area contributed by atoms with E-state index in [-0.39, 0.29) is 0 Å². The van der Waals surface area contributed by atoms with Gasteiger partial charge in [0.1, 0.15) is 6.04 Å². The van der Waals surface area contributed by atoms with E-state index >= 15 is 0 Å². The van der Waals surface area contributed by atoms with Crippen molar-refractivity contribution in [1.82, 2.24) is 5.32 Å². The zero-order valence-corrected chi connectivity index (χ0v) is 9.77. The van der Waals surface area contributed by atoms with Gasteiger partial charge in [-0.2, -0.15) is 0 Å². The zero-order chi connectivity index (χ0) is 11.4. The lowest BCUT2D eigenvalue weighted by molar-refractivity contribution is -0.120. The van der Waals surface area contributed by atoms with Crippen LogP contribution in [0, 0.1) is 0 Å². The second-order valence-electron chi connectivity index (χ2n) is 3.06. The average molecular weight is 247 g/mol. The summed E-state index contributed by atoms with van der Waals surface area (Å²) in [5.74, 6) is -0.457. The summed E-state index contributed by atoms with van der Waals surface area (Å²) in [6.07, 6.45) is 0. The lowest BCUT2D eigenvalue weighted by atomic mass is 10.1. The van der Waals surface area contributed by atoms with Crippen molar-refractivity contribution >= 4 is 29.1 Å². The minimum Gasteiger partial charge on any atom is -0.368 e. The molecular weight excluding hydrogens is 235 g/mol. The van der Waals surface area contributed by atoms with Crippen LogP contribution in [0.4, 0.5) is 0 Å². The van der Waals surface area contributed by atoms with Crippen molar-refractivity contribution in [2.75, 3.05) is 6.54 Å². The van der Waals surface area contributed by atoms with Gasteiger partial charge in [0, 0.05) is 10.0 Å². The number of amides is 1. The summed E-state index contributed by atoms with van der Waals surface area (Å²) >= 11 is 11.7. The third-order valence-electron chi connectivity index (χ3n) is 1.97. The Morgan fingerprint density at radius 2 is 2.20 bits per heavy atom. The Hall–Kier alpha value is -0.770. The van der Waals surface area contributed by atoms with Gasteiger partial charge in [0.05, 0.1) is 0 Å². The fourth-order valence-corrected chi connectivity index (χ4v) is 1.82. The Kier molecular flexibility index (Phi) is 4.39. The van der Waals surface area contributed by atoms with E-state index < -0.39 is 11.9 Å². The molecule has 15 heavy (non-hydrogen) atoms.